The van der Waals surface area contributed by atoms with Gasteiger partial charge in [0.25, 0.3) is 0 Å². The second-order valence-electron chi connectivity index (χ2n) is 3.70. The van der Waals surface area contributed by atoms with Crippen molar-refractivity contribution in [3.8, 4) is 6.07 Å². The summed E-state index contributed by atoms with van der Waals surface area (Å²) in [6, 6.07) is 9.11. The van der Waals surface area contributed by atoms with E-state index in [1.807, 2.05) is 12.1 Å². The van der Waals surface area contributed by atoms with Gasteiger partial charge in [-0.2, -0.15) is 5.26 Å². The van der Waals surface area contributed by atoms with Crippen molar-refractivity contribution in [3.05, 3.63) is 34.9 Å². The standard InChI is InChI=1S/C12H12ClNO2/c1-12(8-14,11(15)16-2)7-9-5-3-4-6-10(9)13/h3-6H,7H2,1-2H3/t12-/m0/s1. The van der Waals surface area contributed by atoms with Crippen molar-refractivity contribution in [3.63, 3.8) is 0 Å². The van der Waals surface area contributed by atoms with Gasteiger partial charge in [-0.25, -0.2) is 0 Å². The van der Waals surface area contributed by atoms with Gasteiger partial charge in [0.15, 0.2) is 5.41 Å². The van der Waals surface area contributed by atoms with Gasteiger partial charge in [-0.1, -0.05) is 29.8 Å². The molecule has 0 unspecified atom stereocenters. The van der Waals surface area contributed by atoms with Crippen LogP contribution in [0.2, 0.25) is 5.02 Å². The summed E-state index contributed by atoms with van der Waals surface area (Å²) < 4.78 is 4.61. The van der Waals surface area contributed by atoms with Crippen LogP contribution in [-0.2, 0) is 16.0 Å². The number of hydrogen-bond donors (Lipinski definition) is 0. The third-order valence-corrected chi connectivity index (χ3v) is 2.75. The van der Waals surface area contributed by atoms with E-state index in [9.17, 15) is 4.79 Å². The smallest absolute Gasteiger partial charge is 0.326 e. The van der Waals surface area contributed by atoms with Crippen molar-refractivity contribution < 1.29 is 9.53 Å². The molecule has 1 rings (SSSR count). The second-order valence-corrected chi connectivity index (χ2v) is 4.11. The molecule has 0 bridgehead atoms. The molecule has 3 nitrogen and oxygen atoms in total. The van der Waals surface area contributed by atoms with E-state index in [4.69, 9.17) is 16.9 Å². The lowest BCUT2D eigenvalue weighted by Gasteiger charge is -2.18. The molecule has 1 aromatic carbocycles. The summed E-state index contributed by atoms with van der Waals surface area (Å²) in [6.45, 7) is 1.54. The van der Waals surface area contributed by atoms with Gasteiger partial charge in [0, 0.05) is 11.4 Å². The van der Waals surface area contributed by atoms with Gasteiger partial charge in [0.2, 0.25) is 0 Å². The van der Waals surface area contributed by atoms with Crippen LogP contribution in [0.25, 0.3) is 0 Å². The molecule has 84 valence electrons. The fraction of sp³-hybridized carbons (Fsp3) is 0.333. The Hall–Kier alpha value is -1.53. The molecular formula is C12H12ClNO2. The summed E-state index contributed by atoms with van der Waals surface area (Å²) in [7, 11) is 1.27. The predicted molar refractivity (Wildman–Crippen MR) is 60.9 cm³/mol. The maximum Gasteiger partial charge on any atom is 0.326 e. The molecular weight excluding hydrogens is 226 g/mol. The Morgan fingerprint density at radius 1 is 1.56 bits per heavy atom. The molecule has 0 spiro atoms. The molecule has 1 atom stereocenters. The largest absolute Gasteiger partial charge is 0.468 e. The zero-order valence-corrected chi connectivity index (χ0v) is 9.91. The van der Waals surface area contributed by atoms with E-state index in [2.05, 4.69) is 4.74 Å². The molecule has 0 saturated heterocycles. The average molecular weight is 238 g/mol. The number of rotatable bonds is 3. The summed E-state index contributed by atoms with van der Waals surface area (Å²) in [5.74, 6) is -0.546. The molecule has 0 heterocycles. The average Bonchev–Trinajstić information content (AvgIpc) is 2.31. The van der Waals surface area contributed by atoms with Crippen LogP contribution in [0.1, 0.15) is 12.5 Å². The van der Waals surface area contributed by atoms with E-state index in [1.54, 1.807) is 25.1 Å². The molecule has 0 aliphatic rings. The van der Waals surface area contributed by atoms with Gasteiger partial charge in [-0.3, -0.25) is 4.79 Å². The highest BCUT2D eigenvalue weighted by Crippen LogP contribution is 2.27. The van der Waals surface area contributed by atoms with Gasteiger partial charge in [0.05, 0.1) is 13.2 Å². The normalized spacial score (nSPS) is 13.6. The maximum absolute atomic E-state index is 11.5. The highest BCUT2D eigenvalue weighted by atomic mass is 35.5. The van der Waals surface area contributed by atoms with Crippen molar-refractivity contribution in [2.75, 3.05) is 7.11 Å². The molecule has 0 saturated carbocycles. The Balaban J connectivity index is 3.00. The topological polar surface area (TPSA) is 50.1 Å². The molecule has 0 N–H and O–H groups in total. The van der Waals surface area contributed by atoms with Crippen LogP contribution >= 0.6 is 11.6 Å². The number of methoxy groups -OCH3 is 1. The highest BCUT2D eigenvalue weighted by Gasteiger charge is 2.35. The zero-order valence-electron chi connectivity index (χ0n) is 9.16. The minimum absolute atomic E-state index is 0.246. The maximum atomic E-state index is 11.5. The fourth-order valence-electron chi connectivity index (χ4n) is 1.41. The SMILES string of the molecule is COC(=O)[C@](C)(C#N)Cc1ccccc1Cl. The van der Waals surface area contributed by atoms with Crippen LogP contribution in [0.3, 0.4) is 0 Å². The van der Waals surface area contributed by atoms with Crippen LogP contribution in [0.15, 0.2) is 24.3 Å². The molecule has 16 heavy (non-hydrogen) atoms. The number of carbonyl (C=O) groups is 1. The summed E-state index contributed by atoms with van der Waals surface area (Å²) >= 11 is 5.97. The number of esters is 1. The predicted octanol–water partition coefficient (Wildman–Crippen LogP) is 2.59. The molecule has 0 amide bonds. The lowest BCUT2D eigenvalue weighted by molar-refractivity contribution is -0.148. The van der Waals surface area contributed by atoms with Crippen LogP contribution in [-0.4, -0.2) is 13.1 Å². The van der Waals surface area contributed by atoms with E-state index >= 15 is 0 Å². The van der Waals surface area contributed by atoms with Crippen LogP contribution < -0.4 is 0 Å². The summed E-state index contributed by atoms with van der Waals surface area (Å²) in [5, 5.41) is 9.59. The fourth-order valence-corrected chi connectivity index (χ4v) is 1.61. The van der Waals surface area contributed by atoms with E-state index in [0.29, 0.717) is 5.02 Å². The monoisotopic (exact) mass is 237 g/mol. The number of halogens is 1. The summed E-state index contributed by atoms with van der Waals surface area (Å²) in [6.07, 6.45) is 0.246. The molecule has 0 aromatic heterocycles. The van der Waals surface area contributed by atoms with Gasteiger partial charge in [0.1, 0.15) is 0 Å². The first-order valence-electron chi connectivity index (χ1n) is 4.76. The summed E-state index contributed by atoms with van der Waals surface area (Å²) in [4.78, 5) is 11.5. The molecule has 1 aromatic rings. The Morgan fingerprint density at radius 2 is 2.19 bits per heavy atom. The quantitative estimate of drug-likeness (QED) is 0.760. The van der Waals surface area contributed by atoms with Crippen LogP contribution in [0, 0.1) is 16.7 Å². The van der Waals surface area contributed by atoms with Gasteiger partial charge in [-0.05, 0) is 18.6 Å². The molecule has 4 heteroatoms. The molecule has 0 fully saturated rings. The Bertz CT molecular complexity index is 439. The van der Waals surface area contributed by atoms with Crippen molar-refractivity contribution >= 4 is 17.6 Å². The number of benzene rings is 1. The van der Waals surface area contributed by atoms with Crippen molar-refractivity contribution in [2.45, 2.75) is 13.3 Å². The third-order valence-electron chi connectivity index (χ3n) is 2.38. The minimum Gasteiger partial charge on any atom is -0.468 e. The van der Waals surface area contributed by atoms with Gasteiger partial charge >= 0.3 is 5.97 Å². The summed E-state index contributed by atoms with van der Waals surface area (Å²) in [5.41, 5.74) is -0.432. The van der Waals surface area contributed by atoms with E-state index < -0.39 is 11.4 Å². The number of carbonyl (C=O) groups excluding carboxylic acids is 1. The Labute approximate surface area is 99.6 Å². The third kappa shape index (κ3) is 2.53. The highest BCUT2D eigenvalue weighted by molar-refractivity contribution is 6.31. The minimum atomic E-state index is -1.19. The Kier molecular flexibility index (Phi) is 3.92. The first kappa shape index (κ1) is 12.5. The van der Waals surface area contributed by atoms with E-state index in [1.165, 1.54) is 7.11 Å². The van der Waals surface area contributed by atoms with Crippen LogP contribution in [0.5, 0.6) is 0 Å². The zero-order chi connectivity index (χ0) is 12.2. The van der Waals surface area contributed by atoms with Gasteiger partial charge < -0.3 is 4.74 Å². The number of hydrogen-bond acceptors (Lipinski definition) is 3. The lowest BCUT2D eigenvalue weighted by atomic mass is 9.85. The first-order valence-corrected chi connectivity index (χ1v) is 5.14. The van der Waals surface area contributed by atoms with Crippen molar-refractivity contribution in [2.24, 2.45) is 5.41 Å². The second kappa shape index (κ2) is 5.00. The van der Waals surface area contributed by atoms with Crippen molar-refractivity contribution in [1.82, 2.24) is 0 Å². The van der Waals surface area contributed by atoms with Crippen LogP contribution in [0.4, 0.5) is 0 Å². The number of nitriles is 1. The van der Waals surface area contributed by atoms with Gasteiger partial charge in [-0.15, -0.1) is 0 Å². The Morgan fingerprint density at radius 3 is 2.69 bits per heavy atom. The molecule has 0 radical (unpaired) electrons. The lowest BCUT2D eigenvalue weighted by Crippen LogP contribution is -2.29. The molecule has 0 aliphatic carbocycles. The van der Waals surface area contributed by atoms with E-state index in [0.717, 1.165) is 5.56 Å². The number of ether oxygens (including phenoxy) is 1. The van der Waals surface area contributed by atoms with Crippen molar-refractivity contribution in [1.29, 1.82) is 5.26 Å². The molecule has 0 aliphatic heterocycles. The number of nitrogens with zero attached hydrogens (tertiary/aromatic N) is 1. The van der Waals surface area contributed by atoms with E-state index in [-0.39, 0.29) is 6.42 Å². The first-order chi connectivity index (χ1) is 7.53.